The lowest BCUT2D eigenvalue weighted by Gasteiger charge is -2.19. The number of phenols is 1. The summed E-state index contributed by atoms with van der Waals surface area (Å²) in [6.45, 7) is -0.449. The summed E-state index contributed by atoms with van der Waals surface area (Å²) in [5, 5.41) is 55.9. The summed E-state index contributed by atoms with van der Waals surface area (Å²) in [5.41, 5.74) is 2.54. The number of carbonyl (C=O) groups excluding carboxylic acids is 2. The number of hydrogen-bond donors (Lipinski definition) is 7. The molecule has 2 aliphatic carbocycles. The van der Waals surface area contributed by atoms with E-state index in [0.29, 0.717) is 44.4 Å². The topological polar surface area (TPSA) is 270 Å². The third-order valence-electron chi connectivity index (χ3n) is 11.7. The molecule has 340 valence electrons. The van der Waals surface area contributed by atoms with Crippen LogP contribution in [0.15, 0.2) is 129 Å². The summed E-state index contributed by atoms with van der Waals surface area (Å²) in [6, 6.07) is 25.1. The molecule has 0 bridgehead atoms. The van der Waals surface area contributed by atoms with Crippen LogP contribution in [0.25, 0.3) is 66.8 Å². The molecule has 2 amide bonds. The Morgan fingerprint density at radius 3 is 2.00 bits per heavy atom. The Morgan fingerprint density at radius 1 is 0.676 bits per heavy atom. The van der Waals surface area contributed by atoms with Gasteiger partial charge in [0.2, 0.25) is 0 Å². The molecule has 0 spiro atoms. The van der Waals surface area contributed by atoms with Gasteiger partial charge in [0.25, 0.3) is 11.8 Å². The summed E-state index contributed by atoms with van der Waals surface area (Å²) in [7, 11) is 3.76. The van der Waals surface area contributed by atoms with Crippen LogP contribution in [0.3, 0.4) is 0 Å². The van der Waals surface area contributed by atoms with Crippen LogP contribution in [0.5, 0.6) is 5.75 Å². The largest absolute Gasteiger partial charge is 0.507 e. The van der Waals surface area contributed by atoms with E-state index in [1.165, 1.54) is 54.6 Å². The highest BCUT2D eigenvalue weighted by Crippen LogP contribution is 2.45. The normalized spacial score (nSPS) is 13.3. The second-order valence-corrected chi connectivity index (χ2v) is 16.2. The van der Waals surface area contributed by atoms with Crippen molar-refractivity contribution in [2.24, 2.45) is 0 Å². The number of aromatic hydroxyl groups is 1. The molecule has 68 heavy (non-hydrogen) atoms. The smallest absolute Gasteiger partial charge is 0.336 e. The molecule has 0 aromatic heterocycles. The first-order chi connectivity index (χ1) is 32.6. The van der Waals surface area contributed by atoms with Gasteiger partial charge >= 0.3 is 17.9 Å². The number of hydrogen-bond acceptors (Lipinski definition) is 12. The second kappa shape index (κ2) is 17.3. The molecular weight excluding hydrogens is 877 g/mol. The maximum Gasteiger partial charge on any atom is 0.336 e. The maximum absolute atomic E-state index is 13.5. The van der Waals surface area contributed by atoms with Gasteiger partial charge in [0.1, 0.15) is 34.2 Å². The van der Waals surface area contributed by atoms with Crippen LogP contribution >= 0.6 is 0 Å². The summed E-state index contributed by atoms with van der Waals surface area (Å²) in [6.07, 6.45) is 0.701. The van der Waals surface area contributed by atoms with Crippen molar-refractivity contribution in [2.45, 2.75) is 19.1 Å². The predicted molar refractivity (Wildman–Crippen MR) is 247 cm³/mol. The molecule has 4 aromatic carbocycles. The fourth-order valence-corrected chi connectivity index (χ4v) is 8.39. The van der Waals surface area contributed by atoms with E-state index in [9.17, 15) is 49.2 Å². The molecule has 17 heteroatoms. The molecule has 0 saturated carbocycles. The predicted octanol–water partition coefficient (Wildman–Crippen LogP) is 7.15. The zero-order chi connectivity index (χ0) is 48.1. The summed E-state index contributed by atoms with van der Waals surface area (Å²) < 4.78 is 18.2. The van der Waals surface area contributed by atoms with E-state index in [1.54, 1.807) is 30.3 Å². The van der Waals surface area contributed by atoms with Gasteiger partial charge in [-0.05, 0) is 90.0 Å². The molecular formula is C51H38N4O13. The van der Waals surface area contributed by atoms with Gasteiger partial charge in [-0.25, -0.2) is 14.4 Å². The number of anilines is 1. The maximum atomic E-state index is 13.5. The van der Waals surface area contributed by atoms with E-state index in [1.807, 2.05) is 37.2 Å². The van der Waals surface area contributed by atoms with Crippen molar-refractivity contribution < 1.29 is 58.0 Å². The van der Waals surface area contributed by atoms with Crippen LogP contribution in [0.4, 0.5) is 5.69 Å². The number of ether oxygens (including phenoxy) is 1. The molecule has 9 rings (SSSR count). The first-order valence-electron chi connectivity index (χ1n) is 20.9. The molecule has 1 unspecified atom stereocenters. The van der Waals surface area contributed by atoms with Crippen molar-refractivity contribution in [2.75, 3.05) is 25.5 Å². The van der Waals surface area contributed by atoms with Gasteiger partial charge in [-0.15, -0.1) is 0 Å². The summed E-state index contributed by atoms with van der Waals surface area (Å²) in [5.74, 6) is -4.81. The second-order valence-electron chi connectivity index (χ2n) is 16.2. The Balaban J connectivity index is 0.923. The Hall–Kier alpha value is -9.25. The standard InChI is InChI=1S/C51H38N4O13/c1-55(2)27-6-12-33-42(20-27)67-41-19-26(52)5-11-32(41)44(33)30-9-3-24(17-36(30)50(62)63)47(58)53-22-29-8-16-40(66-29)48(59)54-23-38-39(57)15-14-35-45(34-13-7-28(56)21-43(34)68-46(35)38)31-10-4-25(49(60)61)18-37(31)51(64)65/h3-15,17-21,40,52,57H,16,22-23H2,1-2H3,(H,53,58)(H,54,59)(H,60,61)(H,62,63)(H,64,65). The fourth-order valence-electron chi connectivity index (χ4n) is 8.39. The third kappa shape index (κ3) is 8.08. The molecule has 0 saturated heterocycles. The van der Waals surface area contributed by atoms with Crippen molar-refractivity contribution in [1.29, 1.82) is 5.41 Å². The monoisotopic (exact) mass is 914 g/mol. The molecule has 17 nitrogen and oxygen atoms in total. The SMILES string of the molecule is CN(C)c1ccc2c(-c3ccc(C(=O)NCC4=CCC(C(=O)NCc5c(O)ccc6c(-c7ccc(C(=O)O)cc7C(=O)O)c7ccc(=O)cc-7oc56)O4)cc3C(=O)O)c3ccc(=N)cc-3oc2c1. The quantitative estimate of drug-likeness (QED) is 0.0600. The van der Waals surface area contributed by atoms with Gasteiger partial charge in [-0.1, -0.05) is 12.1 Å². The molecule has 5 aliphatic rings. The van der Waals surface area contributed by atoms with Gasteiger partial charge in [0.05, 0.1) is 40.7 Å². The van der Waals surface area contributed by atoms with E-state index in [-0.39, 0.29) is 86.7 Å². The minimum Gasteiger partial charge on any atom is -0.507 e. The van der Waals surface area contributed by atoms with E-state index in [0.717, 1.165) is 11.8 Å². The lowest BCUT2D eigenvalue weighted by Crippen LogP contribution is -2.35. The van der Waals surface area contributed by atoms with Crippen molar-refractivity contribution in [3.05, 3.63) is 158 Å². The van der Waals surface area contributed by atoms with Gasteiger partial charge in [0, 0.05) is 83.0 Å². The van der Waals surface area contributed by atoms with Gasteiger partial charge in [-0.2, -0.15) is 0 Å². The molecule has 3 heterocycles. The van der Waals surface area contributed by atoms with Crippen LogP contribution in [0.1, 0.15) is 53.4 Å². The highest BCUT2D eigenvalue weighted by molar-refractivity contribution is 6.11. The molecule has 0 radical (unpaired) electrons. The number of nitrogens with one attached hydrogen (secondary N) is 3. The number of carboxylic acids is 3. The number of aromatic carboxylic acids is 3. The molecule has 1 atom stereocenters. The van der Waals surface area contributed by atoms with Crippen LogP contribution in [0, 0.1) is 5.41 Å². The van der Waals surface area contributed by atoms with Gasteiger partial charge < -0.3 is 54.9 Å². The number of amides is 2. The first kappa shape index (κ1) is 44.0. The number of carbonyl (C=O) groups is 5. The van der Waals surface area contributed by atoms with Gasteiger partial charge in [0.15, 0.2) is 11.5 Å². The zero-order valence-corrected chi connectivity index (χ0v) is 36.0. The number of phenolic OH excluding ortho intramolecular Hbond substituents is 1. The summed E-state index contributed by atoms with van der Waals surface area (Å²) >= 11 is 0. The van der Waals surface area contributed by atoms with Gasteiger partial charge in [-0.3, -0.25) is 14.4 Å². The van der Waals surface area contributed by atoms with Crippen molar-refractivity contribution in [3.8, 4) is 50.7 Å². The van der Waals surface area contributed by atoms with E-state index < -0.39 is 41.3 Å². The van der Waals surface area contributed by atoms with E-state index >= 15 is 0 Å². The van der Waals surface area contributed by atoms with Crippen molar-refractivity contribution >= 4 is 57.3 Å². The number of fused-ring (bicyclic) bond motifs is 4. The average Bonchev–Trinajstić information content (AvgIpc) is 3.80. The first-order valence-corrected chi connectivity index (χ1v) is 20.9. The van der Waals surface area contributed by atoms with Crippen LogP contribution in [-0.2, 0) is 16.1 Å². The summed E-state index contributed by atoms with van der Waals surface area (Å²) in [4.78, 5) is 78.4. The van der Waals surface area contributed by atoms with E-state index in [2.05, 4.69) is 10.6 Å². The number of rotatable bonds is 12. The molecule has 7 N–H and O–H groups in total. The molecule has 4 aromatic rings. The highest BCUT2D eigenvalue weighted by Gasteiger charge is 2.29. The van der Waals surface area contributed by atoms with E-state index in [4.69, 9.17) is 19.0 Å². The third-order valence-corrected chi connectivity index (χ3v) is 11.7. The Labute approximate surface area is 384 Å². The fraction of sp³-hybridized carbons (Fsp3) is 0.118. The lowest BCUT2D eigenvalue weighted by molar-refractivity contribution is -0.129. The van der Waals surface area contributed by atoms with Crippen molar-refractivity contribution in [3.63, 3.8) is 0 Å². The lowest BCUT2D eigenvalue weighted by atomic mass is 9.89. The van der Waals surface area contributed by atoms with Crippen LogP contribution < -0.4 is 26.3 Å². The minimum absolute atomic E-state index is 0.0207. The highest BCUT2D eigenvalue weighted by atomic mass is 16.5. The van der Waals surface area contributed by atoms with Crippen LogP contribution in [0.2, 0.25) is 0 Å². The number of carboxylic acid groups (broad SMARTS) is 3. The molecule has 0 fully saturated rings. The zero-order valence-electron chi connectivity index (χ0n) is 36.0. The Morgan fingerprint density at radius 2 is 1.31 bits per heavy atom. The average molecular weight is 915 g/mol. The Kier molecular flexibility index (Phi) is 11.2. The van der Waals surface area contributed by atoms with Crippen molar-refractivity contribution in [1.82, 2.24) is 10.6 Å². The minimum atomic E-state index is -1.41. The van der Waals surface area contributed by atoms with Crippen LogP contribution in [-0.4, -0.2) is 76.9 Å². The Bertz CT molecular complexity index is 3550. The number of benzene rings is 6. The molecule has 3 aliphatic heterocycles. The number of nitrogens with zero attached hydrogens (tertiary/aromatic N) is 1.